The van der Waals surface area contributed by atoms with Crippen LogP contribution in [0.15, 0.2) is 83.9 Å². The van der Waals surface area contributed by atoms with E-state index in [1.165, 1.54) is 30.5 Å². The Hall–Kier alpha value is -4.63. The molecule has 1 N–H and O–H groups in total. The molecule has 1 aliphatic heterocycles. The standard InChI is InChI=1S/C30H26N2O6S/c1-18-5-4-6-19(15-18)17-38-22-10-7-20(8-11-22)27(33)25-26(21-9-12-23(36-2)24(16-21)37-3)32(29(35)28(25)34)30-31-13-14-39-30/h4-16,26,33H,17H2,1-3H3/b27-25+. The third kappa shape index (κ3) is 5.08. The first kappa shape index (κ1) is 26.0. The van der Waals surface area contributed by atoms with Crippen molar-refractivity contribution in [2.45, 2.75) is 19.6 Å². The molecule has 1 atom stereocenters. The van der Waals surface area contributed by atoms with E-state index in [1.54, 1.807) is 54.0 Å². The number of hydrogen-bond donors (Lipinski definition) is 1. The van der Waals surface area contributed by atoms with Crippen LogP contribution < -0.4 is 19.1 Å². The van der Waals surface area contributed by atoms with Crippen LogP contribution in [-0.4, -0.2) is 36.0 Å². The number of anilines is 1. The van der Waals surface area contributed by atoms with Gasteiger partial charge in [0.15, 0.2) is 16.6 Å². The Morgan fingerprint density at radius 1 is 1.00 bits per heavy atom. The van der Waals surface area contributed by atoms with Gasteiger partial charge in [0, 0.05) is 17.1 Å². The Balaban J connectivity index is 1.52. The van der Waals surface area contributed by atoms with Gasteiger partial charge in [0.2, 0.25) is 0 Å². The molecule has 1 amide bonds. The van der Waals surface area contributed by atoms with Gasteiger partial charge in [-0.15, -0.1) is 11.3 Å². The van der Waals surface area contributed by atoms with Gasteiger partial charge in [0.1, 0.15) is 18.1 Å². The largest absolute Gasteiger partial charge is 0.507 e. The fraction of sp³-hybridized carbons (Fsp3) is 0.167. The van der Waals surface area contributed by atoms with Crippen molar-refractivity contribution in [2.75, 3.05) is 19.1 Å². The lowest BCUT2D eigenvalue weighted by atomic mass is 9.95. The maximum absolute atomic E-state index is 13.3. The van der Waals surface area contributed by atoms with Crippen molar-refractivity contribution in [1.82, 2.24) is 4.98 Å². The van der Waals surface area contributed by atoms with E-state index in [-0.39, 0.29) is 11.3 Å². The predicted octanol–water partition coefficient (Wildman–Crippen LogP) is 5.67. The SMILES string of the molecule is COc1ccc(C2/C(=C(\O)c3ccc(OCc4cccc(C)c4)cc3)C(=O)C(=O)N2c2nccs2)cc1OC. The number of aryl methyl sites for hydroxylation is 1. The zero-order valence-electron chi connectivity index (χ0n) is 21.6. The van der Waals surface area contributed by atoms with Gasteiger partial charge in [-0.25, -0.2) is 4.98 Å². The van der Waals surface area contributed by atoms with Crippen molar-refractivity contribution in [3.05, 3.63) is 106 Å². The smallest absolute Gasteiger partial charge is 0.301 e. The number of Topliss-reactive ketones (excluding diaryl/α,β-unsaturated/α-hetero) is 1. The van der Waals surface area contributed by atoms with Crippen molar-refractivity contribution in [1.29, 1.82) is 0 Å². The summed E-state index contributed by atoms with van der Waals surface area (Å²) in [5.41, 5.74) is 3.08. The number of aliphatic hydroxyl groups excluding tert-OH is 1. The Bertz CT molecular complexity index is 1550. The highest BCUT2D eigenvalue weighted by atomic mass is 32.1. The number of thiazole rings is 1. The number of carbonyl (C=O) groups is 2. The monoisotopic (exact) mass is 542 g/mol. The number of nitrogens with zero attached hydrogens (tertiary/aromatic N) is 2. The van der Waals surface area contributed by atoms with E-state index in [0.29, 0.717) is 40.1 Å². The second-order valence-corrected chi connectivity index (χ2v) is 9.77. The zero-order valence-corrected chi connectivity index (χ0v) is 22.4. The van der Waals surface area contributed by atoms with E-state index >= 15 is 0 Å². The summed E-state index contributed by atoms with van der Waals surface area (Å²) in [7, 11) is 3.02. The Kier molecular flexibility index (Phi) is 7.33. The molecule has 0 radical (unpaired) electrons. The third-order valence-corrected chi connectivity index (χ3v) is 7.18. The number of methoxy groups -OCH3 is 2. The van der Waals surface area contributed by atoms with Gasteiger partial charge < -0.3 is 19.3 Å². The van der Waals surface area contributed by atoms with Gasteiger partial charge in [-0.2, -0.15) is 0 Å². The first-order valence-corrected chi connectivity index (χ1v) is 13.0. The minimum Gasteiger partial charge on any atom is -0.507 e. The molecule has 0 spiro atoms. The number of hydrogen-bond acceptors (Lipinski definition) is 8. The first-order valence-electron chi connectivity index (χ1n) is 12.1. The number of ether oxygens (including phenoxy) is 3. The summed E-state index contributed by atoms with van der Waals surface area (Å²) in [5, 5.41) is 13.4. The number of amides is 1. The van der Waals surface area contributed by atoms with Gasteiger partial charge in [0.25, 0.3) is 5.78 Å². The molecule has 8 nitrogen and oxygen atoms in total. The Morgan fingerprint density at radius 3 is 2.44 bits per heavy atom. The molecule has 198 valence electrons. The van der Waals surface area contributed by atoms with E-state index < -0.39 is 17.7 Å². The Labute approximate surface area is 229 Å². The molecule has 39 heavy (non-hydrogen) atoms. The molecule has 5 rings (SSSR count). The predicted molar refractivity (Wildman–Crippen MR) is 148 cm³/mol. The first-order chi connectivity index (χ1) is 18.9. The van der Waals surface area contributed by atoms with E-state index in [2.05, 4.69) is 11.1 Å². The van der Waals surface area contributed by atoms with Crippen LogP contribution in [0.1, 0.15) is 28.3 Å². The summed E-state index contributed by atoms with van der Waals surface area (Å²) in [5.74, 6) is -0.347. The van der Waals surface area contributed by atoms with Gasteiger partial charge in [-0.1, -0.05) is 35.9 Å². The summed E-state index contributed by atoms with van der Waals surface area (Å²) in [4.78, 5) is 32.1. The highest BCUT2D eigenvalue weighted by Crippen LogP contribution is 2.44. The van der Waals surface area contributed by atoms with Crippen LogP contribution >= 0.6 is 11.3 Å². The minimum absolute atomic E-state index is 0.0455. The zero-order chi connectivity index (χ0) is 27.5. The topological polar surface area (TPSA) is 98.2 Å². The molecule has 0 aliphatic carbocycles. The van der Waals surface area contributed by atoms with Crippen molar-refractivity contribution >= 4 is 33.9 Å². The molecular formula is C30H26N2O6S. The van der Waals surface area contributed by atoms with Crippen LogP contribution in [0.25, 0.3) is 5.76 Å². The van der Waals surface area contributed by atoms with Crippen LogP contribution in [0.4, 0.5) is 5.13 Å². The average molecular weight is 543 g/mol. The fourth-order valence-corrected chi connectivity index (χ4v) is 5.20. The van der Waals surface area contributed by atoms with Crippen molar-refractivity contribution in [2.24, 2.45) is 0 Å². The molecule has 0 saturated carbocycles. The van der Waals surface area contributed by atoms with Crippen LogP contribution in [0, 0.1) is 6.92 Å². The van der Waals surface area contributed by atoms with Gasteiger partial charge >= 0.3 is 5.91 Å². The molecule has 1 unspecified atom stereocenters. The van der Waals surface area contributed by atoms with Crippen LogP contribution in [-0.2, 0) is 16.2 Å². The van der Waals surface area contributed by atoms with Gasteiger partial charge in [-0.3, -0.25) is 14.5 Å². The summed E-state index contributed by atoms with van der Waals surface area (Å²) >= 11 is 1.22. The number of benzene rings is 3. The lowest BCUT2D eigenvalue weighted by Crippen LogP contribution is -2.29. The highest BCUT2D eigenvalue weighted by Gasteiger charge is 2.48. The maximum Gasteiger partial charge on any atom is 0.301 e. The molecule has 0 bridgehead atoms. The third-order valence-electron chi connectivity index (χ3n) is 6.41. The summed E-state index contributed by atoms with van der Waals surface area (Å²) < 4.78 is 16.7. The quantitative estimate of drug-likeness (QED) is 0.174. The number of aromatic nitrogens is 1. The molecule has 1 aromatic heterocycles. The molecule has 1 fully saturated rings. The summed E-state index contributed by atoms with van der Waals surface area (Å²) in [6, 6.07) is 19.0. The van der Waals surface area contributed by atoms with E-state index in [9.17, 15) is 14.7 Å². The lowest BCUT2D eigenvalue weighted by molar-refractivity contribution is -0.132. The minimum atomic E-state index is -0.923. The van der Waals surface area contributed by atoms with Gasteiger partial charge in [-0.05, 0) is 54.4 Å². The Morgan fingerprint density at radius 2 is 1.77 bits per heavy atom. The molecule has 1 saturated heterocycles. The van der Waals surface area contributed by atoms with Crippen molar-refractivity contribution in [3.63, 3.8) is 0 Å². The normalized spacial score (nSPS) is 16.4. The van der Waals surface area contributed by atoms with Crippen molar-refractivity contribution in [3.8, 4) is 17.2 Å². The average Bonchev–Trinajstić information content (AvgIpc) is 3.58. The van der Waals surface area contributed by atoms with E-state index in [4.69, 9.17) is 14.2 Å². The molecule has 2 heterocycles. The maximum atomic E-state index is 13.3. The summed E-state index contributed by atoms with van der Waals surface area (Å²) in [6.07, 6.45) is 1.56. The molecule has 4 aromatic rings. The number of carbonyl (C=O) groups excluding carboxylic acids is 2. The molecule has 3 aromatic carbocycles. The summed E-state index contributed by atoms with van der Waals surface area (Å²) in [6.45, 7) is 2.42. The van der Waals surface area contributed by atoms with Crippen molar-refractivity contribution < 1.29 is 28.9 Å². The van der Waals surface area contributed by atoms with E-state index in [1.807, 2.05) is 25.1 Å². The molecule has 9 heteroatoms. The molecular weight excluding hydrogens is 516 g/mol. The second-order valence-electron chi connectivity index (χ2n) is 8.90. The van der Waals surface area contributed by atoms with E-state index in [0.717, 1.165) is 11.1 Å². The van der Waals surface area contributed by atoms with Crippen LogP contribution in [0.2, 0.25) is 0 Å². The van der Waals surface area contributed by atoms with Gasteiger partial charge in [0.05, 0.1) is 25.8 Å². The number of rotatable bonds is 8. The lowest BCUT2D eigenvalue weighted by Gasteiger charge is -2.23. The van der Waals surface area contributed by atoms with Crippen LogP contribution in [0.3, 0.4) is 0 Å². The number of ketones is 1. The fourth-order valence-electron chi connectivity index (χ4n) is 4.54. The molecule has 1 aliphatic rings. The van der Waals surface area contributed by atoms with Crippen LogP contribution in [0.5, 0.6) is 17.2 Å². The second kappa shape index (κ2) is 11.0. The number of aliphatic hydroxyl groups is 1. The highest BCUT2D eigenvalue weighted by molar-refractivity contribution is 7.14.